The van der Waals surface area contributed by atoms with E-state index in [1.54, 1.807) is 0 Å². The molecule has 0 unspecified atom stereocenters. The van der Waals surface area contributed by atoms with Gasteiger partial charge in [-0.15, -0.1) is 0 Å². The summed E-state index contributed by atoms with van der Waals surface area (Å²) in [6.07, 6.45) is -17.3. The average Bonchev–Trinajstić information content (AvgIpc) is 2.82. The lowest BCUT2D eigenvalue weighted by Gasteiger charge is -2.19. The number of benzene rings is 1. The van der Waals surface area contributed by atoms with Crippen LogP contribution in [0.2, 0.25) is 10.0 Å². The molecule has 0 bridgehead atoms. The summed E-state index contributed by atoms with van der Waals surface area (Å²) in [5.41, 5.74) is -2.93. The molecule has 0 aliphatic heterocycles. The Bertz CT molecular complexity index is 918. The Hall–Kier alpha value is -1.96. The predicted molar refractivity (Wildman–Crippen MR) is 77.9 cm³/mol. The van der Waals surface area contributed by atoms with Crippen molar-refractivity contribution in [3.8, 4) is 5.69 Å². The van der Waals surface area contributed by atoms with Gasteiger partial charge in [-0.2, -0.15) is 53.4 Å². The predicted octanol–water partition coefficient (Wildman–Crippen LogP) is 6.45. The number of aromatic nitrogens is 2. The number of nitrogen functional groups attached to an aromatic ring is 1. The largest absolute Gasteiger partial charge is 0.459 e. The zero-order chi connectivity index (χ0) is 22.7. The first-order chi connectivity index (χ1) is 12.8. The summed E-state index contributed by atoms with van der Waals surface area (Å²) in [4.78, 5) is 0. The Balaban J connectivity index is 2.88. The van der Waals surface area contributed by atoms with Crippen molar-refractivity contribution >= 4 is 29.0 Å². The molecule has 0 aliphatic carbocycles. The van der Waals surface area contributed by atoms with E-state index in [2.05, 4.69) is 5.10 Å². The third-order valence-corrected chi connectivity index (χ3v) is 3.99. The molecule has 3 nitrogen and oxygen atoms in total. The van der Waals surface area contributed by atoms with E-state index in [0.29, 0.717) is 0 Å². The second-order valence-corrected chi connectivity index (χ2v) is 6.19. The third-order valence-electron chi connectivity index (χ3n) is 3.41. The summed E-state index contributed by atoms with van der Waals surface area (Å²) in [6, 6.07) is 0.303. The second kappa shape index (κ2) is 6.79. The summed E-state index contributed by atoms with van der Waals surface area (Å²) in [5, 5.41) is 0.429. The number of rotatable bonds is 2. The number of alkyl halides is 11. The normalized spacial score (nSPS) is 13.8. The van der Waals surface area contributed by atoms with Gasteiger partial charge in [0.15, 0.2) is 5.69 Å². The summed E-state index contributed by atoms with van der Waals surface area (Å²) < 4.78 is 142. The molecule has 162 valence electrons. The minimum atomic E-state index is -6.49. The van der Waals surface area contributed by atoms with E-state index in [9.17, 15) is 48.3 Å². The smallest absolute Gasteiger partial charge is 0.383 e. The number of hydrogen-bond donors (Lipinski definition) is 1. The van der Waals surface area contributed by atoms with Crippen LogP contribution in [0.4, 0.5) is 54.1 Å². The summed E-state index contributed by atoms with van der Waals surface area (Å²) in [7, 11) is 0. The zero-order valence-corrected chi connectivity index (χ0v) is 14.6. The number of nitrogens with zero attached hydrogens (tertiary/aromatic N) is 2. The number of nitrogens with two attached hydrogens (primary N) is 1. The maximum Gasteiger partial charge on any atom is 0.459 e. The molecule has 2 aromatic rings. The molecule has 1 aromatic heterocycles. The van der Waals surface area contributed by atoms with Crippen molar-refractivity contribution in [3.05, 3.63) is 39.0 Å². The SMILES string of the molecule is Nc1c(C(F)(F)F)c(C(F)(F)C(F)(F)F)nn1-c1c(Cl)cc(C(F)(F)F)cc1Cl. The van der Waals surface area contributed by atoms with Gasteiger partial charge in [0.05, 0.1) is 15.6 Å². The van der Waals surface area contributed by atoms with Crippen LogP contribution in [-0.2, 0) is 18.3 Å². The van der Waals surface area contributed by atoms with Gasteiger partial charge in [0.25, 0.3) is 0 Å². The Morgan fingerprint density at radius 1 is 0.793 bits per heavy atom. The Labute approximate surface area is 162 Å². The lowest BCUT2D eigenvalue weighted by Crippen LogP contribution is -2.36. The molecule has 1 aromatic carbocycles. The number of hydrogen-bond acceptors (Lipinski definition) is 2. The first-order valence-electron chi connectivity index (χ1n) is 6.77. The van der Waals surface area contributed by atoms with E-state index in [1.807, 2.05) is 0 Å². The molecule has 0 saturated carbocycles. The van der Waals surface area contributed by atoms with E-state index in [0.717, 1.165) is 0 Å². The second-order valence-electron chi connectivity index (χ2n) is 5.38. The molecule has 29 heavy (non-hydrogen) atoms. The fourth-order valence-electron chi connectivity index (χ4n) is 2.17. The highest BCUT2D eigenvalue weighted by molar-refractivity contribution is 6.38. The van der Waals surface area contributed by atoms with Crippen molar-refractivity contribution in [3.63, 3.8) is 0 Å². The van der Waals surface area contributed by atoms with Crippen LogP contribution in [-0.4, -0.2) is 16.0 Å². The first kappa shape index (κ1) is 23.3. The highest BCUT2D eigenvalue weighted by Gasteiger charge is 2.64. The zero-order valence-electron chi connectivity index (χ0n) is 13.0. The standard InChI is InChI=1S/C13H4Cl2F11N3/c14-4-1-3(11(18,19)20)2-5(15)7(4)29-9(27)6(12(21,22)23)8(28-29)10(16,17)13(24,25)26/h1-2H,27H2. The van der Waals surface area contributed by atoms with E-state index < -0.39 is 62.8 Å². The van der Waals surface area contributed by atoms with Gasteiger partial charge in [-0.05, 0) is 12.1 Å². The van der Waals surface area contributed by atoms with Crippen LogP contribution in [0.1, 0.15) is 16.8 Å². The van der Waals surface area contributed by atoms with Gasteiger partial charge in [-0.3, -0.25) is 0 Å². The number of anilines is 1. The fourth-order valence-corrected chi connectivity index (χ4v) is 2.81. The monoisotopic (exact) mass is 481 g/mol. The molecule has 0 saturated heterocycles. The first-order valence-corrected chi connectivity index (χ1v) is 7.53. The minimum absolute atomic E-state index is 0.152. The molecule has 2 rings (SSSR count). The van der Waals surface area contributed by atoms with Crippen LogP contribution in [0.15, 0.2) is 12.1 Å². The van der Waals surface area contributed by atoms with Crippen molar-refractivity contribution in [1.29, 1.82) is 0 Å². The van der Waals surface area contributed by atoms with Crippen LogP contribution in [0.3, 0.4) is 0 Å². The Morgan fingerprint density at radius 3 is 1.59 bits per heavy atom. The van der Waals surface area contributed by atoms with Crippen LogP contribution in [0.5, 0.6) is 0 Å². The van der Waals surface area contributed by atoms with Gasteiger partial charge < -0.3 is 5.73 Å². The summed E-state index contributed by atoms with van der Waals surface area (Å²) in [6.45, 7) is 0. The summed E-state index contributed by atoms with van der Waals surface area (Å²) in [5.74, 6) is -7.90. The van der Waals surface area contributed by atoms with Crippen molar-refractivity contribution in [2.75, 3.05) is 5.73 Å². The summed E-state index contributed by atoms with van der Waals surface area (Å²) >= 11 is 11.1. The van der Waals surface area contributed by atoms with Crippen LogP contribution < -0.4 is 5.73 Å². The van der Waals surface area contributed by atoms with Crippen LogP contribution in [0.25, 0.3) is 5.69 Å². The average molecular weight is 482 g/mol. The molecule has 0 fully saturated rings. The van der Waals surface area contributed by atoms with Crippen molar-refractivity contribution in [2.45, 2.75) is 24.5 Å². The molecule has 0 radical (unpaired) electrons. The quantitative estimate of drug-likeness (QED) is 0.500. The van der Waals surface area contributed by atoms with Gasteiger partial charge in [0, 0.05) is 0 Å². The van der Waals surface area contributed by atoms with Crippen molar-refractivity contribution in [1.82, 2.24) is 9.78 Å². The highest BCUT2D eigenvalue weighted by atomic mass is 35.5. The maximum atomic E-state index is 13.6. The molecule has 16 heteroatoms. The van der Waals surface area contributed by atoms with Gasteiger partial charge in [0.2, 0.25) is 0 Å². The minimum Gasteiger partial charge on any atom is -0.383 e. The van der Waals surface area contributed by atoms with E-state index >= 15 is 0 Å². The molecule has 0 amide bonds. The van der Waals surface area contributed by atoms with E-state index in [-0.39, 0.29) is 16.8 Å². The molecule has 2 N–H and O–H groups in total. The van der Waals surface area contributed by atoms with Crippen LogP contribution in [0, 0.1) is 0 Å². The molecular formula is C13H4Cl2F11N3. The van der Waals surface area contributed by atoms with Gasteiger partial charge in [-0.25, -0.2) is 4.68 Å². The third kappa shape index (κ3) is 4.04. The molecular weight excluding hydrogens is 478 g/mol. The molecule has 0 aliphatic rings. The topological polar surface area (TPSA) is 43.8 Å². The fraction of sp³-hybridized carbons (Fsp3) is 0.308. The van der Waals surface area contributed by atoms with Crippen molar-refractivity contribution in [2.24, 2.45) is 0 Å². The lowest BCUT2D eigenvalue weighted by molar-refractivity contribution is -0.292. The van der Waals surface area contributed by atoms with Gasteiger partial charge >= 0.3 is 24.5 Å². The van der Waals surface area contributed by atoms with Gasteiger partial charge in [0.1, 0.15) is 17.1 Å². The van der Waals surface area contributed by atoms with E-state index in [4.69, 9.17) is 28.9 Å². The molecule has 0 spiro atoms. The molecule has 1 heterocycles. The Morgan fingerprint density at radius 2 is 1.24 bits per heavy atom. The van der Waals surface area contributed by atoms with Gasteiger partial charge in [-0.1, -0.05) is 23.2 Å². The van der Waals surface area contributed by atoms with Crippen LogP contribution >= 0.6 is 23.2 Å². The Kier molecular flexibility index (Phi) is 5.46. The van der Waals surface area contributed by atoms with E-state index in [1.165, 1.54) is 0 Å². The maximum absolute atomic E-state index is 13.6. The molecule has 0 atom stereocenters. The lowest BCUT2D eigenvalue weighted by atomic mass is 10.1. The van der Waals surface area contributed by atoms with Crippen molar-refractivity contribution < 1.29 is 48.3 Å². The highest BCUT2D eigenvalue weighted by Crippen LogP contribution is 2.50. The number of halogens is 13.